The van der Waals surface area contributed by atoms with Crippen LogP contribution in [0.1, 0.15) is 10.4 Å². The van der Waals surface area contributed by atoms with E-state index in [9.17, 15) is 9.59 Å². The average molecular weight is 352 g/mol. The van der Waals surface area contributed by atoms with Gasteiger partial charge in [0.2, 0.25) is 11.8 Å². The van der Waals surface area contributed by atoms with Gasteiger partial charge in [0.1, 0.15) is 6.61 Å². The molecule has 8 heteroatoms. The Labute approximate surface area is 149 Å². The van der Waals surface area contributed by atoms with Crippen LogP contribution in [0.2, 0.25) is 0 Å². The number of amides is 2. The highest BCUT2D eigenvalue weighted by molar-refractivity contribution is 6.03. The minimum atomic E-state index is -0.400. The quantitative estimate of drug-likeness (QED) is 0.706. The van der Waals surface area contributed by atoms with Crippen molar-refractivity contribution < 1.29 is 18.7 Å². The fourth-order valence-electron chi connectivity index (χ4n) is 2.17. The molecular formula is C18H16N4O4. The number of carbonyl (C=O) groups excluding carboxylic acids is 2. The molecule has 3 aromatic rings. The van der Waals surface area contributed by atoms with Crippen LogP contribution < -0.4 is 10.6 Å². The first-order valence-electron chi connectivity index (χ1n) is 7.75. The minimum Gasteiger partial charge on any atom is -0.403 e. The van der Waals surface area contributed by atoms with E-state index in [-0.39, 0.29) is 18.5 Å². The SMILES string of the molecule is COCC(=O)Nc1ccc(C(=O)Nc2nnc(-c3ccccc3)o2)cc1. The number of methoxy groups -OCH3 is 1. The number of aromatic nitrogens is 2. The molecule has 0 aliphatic carbocycles. The van der Waals surface area contributed by atoms with Crippen molar-refractivity contribution in [3.63, 3.8) is 0 Å². The van der Waals surface area contributed by atoms with Gasteiger partial charge in [-0.3, -0.25) is 14.9 Å². The number of carbonyl (C=O) groups is 2. The molecule has 3 rings (SSSR count). The van der Waals surface area contributed by atoms with Gasteiger partial charge in [-0.1, -0.05) is 23.3 Å². The van der Waals surface area contributed by atoms with Crippen molar-refractivity contribution >= 4 is 23.5 Å². The summed E-state index contributed by atoms with van der Waals surface area (Å²) in [6.07, 6.45) is 0. The lowest BCUT2D eigenvalue weighted by Crippen LogP contribution is -2.17. The van der Waals surface area contributed by atoms with Crippen molar-refractivity contribution in [3.05, 3.63) is 60.2 Å². The van der Waals surface area contributed by atoms with Crippen molar-refractivity contribution in [2.45, 2.75) is 0 Å². The summed E-state index contributed by atoms with van der Waals surface area (Å²) in [5, 5.41) is 12.9. The third kappa shape index (κ3) is 4.31. The lowest BCUT2D eigenvalue weighted by molar-refractivity contribution is -0.119. The summed E-state index contributed by atoms with van der Waals surface area (Å²) in [5.74, 6) is -0.357. The zero-order valence-electron chi connectivity index (χ0n) is 13.9. The molecule has 0 saturated carbocycles. The molecule has 0 fully saturated rings. The predicted octanol–water partition coefficient (Wildman–Crippen LogP) is 2.57. The summed E-state index contributed by atoms with van der Waals surface area (Å²) in [7, 11) is 1.44. The summed E-state index contributed by atoms with van der Waals surface area (Å²) in [5.41, 5.74) is 1.71. The Morgan fingerprint density at radius 2 is 1.73 bits per heavy atom. The van der Waals surface area contributed by atoms with E-state index >= 15 is 0 Å². The summed E-state index contributed by atoms with van der Waals surface area (Å²) in [6.45, 7) is -0.0385. The van der Waals surface area contributed by atoms with Gasteiger partial charge in [0, 0.05) is 23.9 Å². The molecule has 0 aliphatic rings. The molecule has 132 valence electrons. The first kappa shape index (κ1) is 17.3. The standard InChI is InChI=1S/C18H16N4O4/c1-25-11-15(23)19-14-9-7-12(8-10-14)16(24)20-18-22-21-17(26-18)13-5-3-2-4-6-13/h2-10H,11H2,1H3,(H,19,23)(H,20,22,24). The summed E-state index contributed by atoms with van der Waals surface area (Å²) >= 11 is 0. The lowest BCUT2D eigenvalue weighted by atomic mass is 10.2. The Morgan fingerprint density at radius 1 is 1.00 bits per heavy atom. The molecule has 0 spiro atoms. The van der Waals surface area contributed by atoms with Crippen LogP contribution in [-0.2, 0) is 9.53 Å². The normalized spacial score (nSPS) is 10.3. The number of ether oxygens (including phenoxy) is 1. The first-order valence-corrected chi connectivity index (χ1v) is 7.75. The molecule has 2 aromatic carbocycles. The summed E-state index contributed by atoms with van der Waals surface area (Å²) < 4.78 is 10.2. The second-order valence-electron chi connectivity index (χ2n) is 5.29. The number of anilines is 2. The number of nitrogens with one attached hydrogen (secondary N) is 2. The van der Waals surface area contributed by atoms with Gasteiger partial charge in [-0.15, -0.1) is 5.10 Å². The Bertz CT molecular complexity index is 891. The Balaban J connectivity index is 1.63. The molecule has 2 N–H and O–H groups in total. The average Bonchev–Trinajstić information content (AvgIpc) is 3.12. The number of benzene rings is 2. The zero-order chi connectivity index (χ0) is 18.4. The van der Waals surface area contributed by atoms with Gasteiger partial charge in [0.05, 0.1) is 0 Å². The highest BCUT2D eigenvalue weighted by Crippen LogP contribution is 2.19. The van der Waals surface area contributed by atoms with Gasteiger partial charge in [-0.2, -0.15) is 0 Å². The molecule has 26 heavy (non-hydrogen) atoms. The first-order chi connectivity index (χ1) is 12.7. The van der Waals surface area contributed by atoms with E-state index in [0.29, 0.717) is 17.1 Å². The van der Waals surface area contributed by atoms with E-state index in [1.54, 1.807) is 24.3 Å². The van der Waals surface area contributed by atoms with Gasteiger partial charge in [0.15, 0.2) is 0 Å². The second kappa shape index (κ2) is 8.04. The van der Waals surface area contributed by atoms with Crippen molar-refractivity contribution in [1.29, 1.82) is 0 Å². The molecule has 1 heterocycles. The zero-order valence-corrected chi connectivity index (χ0v) is 13.9. The Hall–Kier alpha value is -3.52. The highest BCUT2D eigenvalue weighted by Gasteiger charge is 2.13. The van der Waals surface area contributed by atoms with Crippen LogP contribution in [0.25, 0.3) is 11.5 Å². The topological polar surface area (TPSA) is 106 Å². The lowest BCUT2D eigenvalue weighted by Gasteiger charge is -2.05. The van der Waals surface area contributed by atoms with Crippen LogP contribution in [0.4, 0.5) is 11.7 Å². The number of nitrogens with zero attached hydrogens (tertiary/aromatic N) is 2. The number of rotatable bonds is 6. The molecular weight excluding hydrogens is 336 g/mol. The fourth-order valence-corrected chi connectivity index (χ4v) is 2.17. The molecule has 0 unspecified atom stereocenters. The van der Waals surface area contributed by atoms with Gasteiger partial charge >= 0.3 is 6.01 Å². The van der Waals surface area contributed by atoms with Crippen molar-refractivity contribution in [1.82, 2.24) is 10.2 Å². The van der Waals surface area contributed by atoms with E-state index in [2.05, 4.69) is 20.8 Å². The maximum atomic E-state index is 12.2. The molecule has 1 aromatic heterocycles. The maximum Gasteiger partial charge on any atom is 0.322 e. The Morgan fingerprint density at radius 3 is 2.42 bits per heavy atom. The van der Waals surface area contributed by atoms with E-state index in [1.165, 1.54) is 7.11 Å². The van der Waals surface area contributed by atoms with Crippen LogP contribution >= 0.6 is 0 Å². The van der Waals surface area contributed by atoms with Crippen molar-refractivity contribution in [3.8, 4) is 11.5 Å². The highest BCUT2D eigenvalue weighted by atomic mass is 16.5. The van der Waals surface area contributed by atoms with E-state index in [0.717, 1.165) is 5.56 Å². The largest absolute Gasteiger partial charge is 0.403 e. The summed E-state index contributed by atoms with van der Waals surface area (Å²) in [6, 6.07) is 15.6. The Kier molecular flexibility index (Phi) is 5.35. The maximum absolute atomic E-state index is 12.2. The molecule has 0 radical (unpaired) electrons. The molecule has 2 amide bonds. The summed E-state index contributed by atoms with van der Waals surface area (Å²) in [4.78, 5) is 23.7. The fraction of sp³-hybridized carbons (Fsp3) is 0.111. The predicted molar refractivity (Wildman–Crippen MR) is 94.6 cm³/mol. The molecule has 8 nitrogen and oxygen atoms in total. The van der Waals surface area contributed by atoms with Gasteiger partial charge in [-0.25, -0.2) is 0 Å². The molecule has 0 atom stereocenters. The van der Waals surface area contributed by atoms with Crippen LogP contribution in [0.3, 0.4) is 0 Å². The molecule has 0 bridgehead atoms. The van der Waals surface area contributed by atoms with Gasteiger partial charge < -0.3 is 14.5 Å². The van der Waals surface area contributed by atoms with Crippen molar-refractivity contribution in [2.75, 3.05) is 24.4 Å². The molecule has 0 aliphatic heterocycles. The van der Waals surface area contributed by atoms with Crippen LogP contribution in [0.15, 0.2) is 59.0 Å². The van der Waals surface area contributed by atoms with E-state index < -0.39 is 5.91 Å². The monoisotopic (exact) mass is 352 g/mol. The molecule has 0 saturated heterocycles. The number of hydrogen-bond acceptors (Lipinski definition) is 6. The van der Waals surface area contributed by atoms with Crippen LogP contribution in [0, 0.1) is 0 Å². The van der Waals surface area contributed by atoms with E-state index in [1.807, 2.05) is 30.3 Å². The van der Waals surface area contributed by atoms with Crippen LogP contribution in [0.5, 0.6) is 0 Å². The van der Waals surface area contributed by atoms with E-state index in [4.69, 9.17) is 9.15 Å². The third-order valence-corrected chi connectivity index (χ3v) is 3.37. The minimum absolute atomic E-state index is 0.00586. The number of hydrogen-bond donors (Lipinski definition) is 2. The van der Waals surface area contributed by atoms with Gasteiger partial charge in [-0.05, 0) is 36.4 Å². The van der Waals surface area contributed by atoms with Crippen LogP contribution in [-0.4, -0.2) is 35.7 Å². The van der Waals surface area contributed by atoms with Gasteiger partial charge in [0.25, 0.3) is 5.91 Å². The second-order valence-corrected chi connectivity index (χ2v) is 5.29. The third-order valence-electron chi connectivity index (χ3n) is 3.37. The van der Waals surface area contributed by atoms with Crippen molar-refractivity contribution in [2.24, 2.45) is 0 Å². The smallest absolute Gasteiger partial charge is 0.322 e.